The van der Waals surface area contributed by atoms with Gasteiger partial charge in [0.15, 0.2) is 0 Å². The first-order valence-corrected chi connectivity index (χ1v) is 9.27. The Kier molecular flexibility index (Phi) is 5.65. The number of carbonyl (C=O) groups is 2. The summed E-state index contributed by atoms with van der Waals surface area (Å²) in [4.78, 5) is 31.8. The zero-order valence-corrected chi connectivity index (χ0v) is 16.5. The van der Waals surface area contributed by atoms with E-state index in [1.54, 1.807) is 29.0 Å². The average molecular weight is 387 g/mol. The Morgan fingerprint density at radius 3 is 2.30 bits per heavy atom. The van der Waals surface area contributed by atoms with Crippen molar-refractivity contribution >= 4 is 34.8 Å². The molecule has 7 heteroatoms. The highest BCUT2D eigenvalue weighted by atomic mass is 35.5. The van der Waals surface area contributed by atoms with Crippen LogP contribution in [0.4, 0.5) is 11.4 Å². The summed E-state index contributed by atoms with van der Waals surface area (Å²) >= 11 is 6.33. The molecule has 142 valence electrons. The van der Waals surface area contributed by atoms with Crippen molar-refractivity contribution in [1.29, 1.82) is 0 Å². The quantitative estimate of drug-likeness (QED) is 0.878. The number of aromatic nitrogens is 1. The van der Waals surface area contributed by atoms with Crippen molar-refractivity contribution in [2.45, 2.75) is 20.8 Å². The lowest BCUT2D eigenvalue weighted by Crippen LogP contribution is -2.50. The zero-order chi connectivity index (χ0) is 19.6. The van der Waals surface area contributed by atoms with Crippen molar-refractivity contribution in [2.75, 3.05) is 31.5 Å². The third-order valence-corrected chi connectivity index (χ3v) is 4.99. The molecular formula is C20H23ClN4O2. The van der Waals surface area contributed by atoms with E-state index < -0.39 is 0 Å². The molecule has 0 bridgehead atoms. The Morgan fingerprint density at radius 2 is 1.74 bits per heavy atom. The van der Waals surface area contributed by atoms with Gasteiger partial charge in [-0.1, -0.05) is 17.7 Å². The largest absolute Gasteiger partial charge is 0.353 e. The van der Waals surface area contributed by atoms with Gasteiger partial charge in [-0.05, 0) is 43.2 Å². The highest BCUT2D eigenvalue weighted by Gasteiger charge is 2.23. The zero-order valence-electron chi connectivity index (χ0n) is 15.8. The third-order valence-electron chi connectivity index (χ3n) is 4.70. The molecule has 1 fully saturated rings. The van der Waals surface area contributed by atoms with Gasteiger partial charge in [0.2, 0.25) is 5.91 Å². The second-order valence-corrected chi connectivity index (χ2v) is 7.20. The van der Waals surface area contributed by atoms with Crippen LogP contribution in [0.25, 0.3) is 0 Å². The predicted octanol–water partition coefficient (Wildman–Crippen LogP) is 3.40. The van der Waals surface area contributed by atoms with Gasteiger partial charge in [0, 0.05) is 33.1 Å². The summed E-state index contributed by atoms with van der Waals surface area (Å²) in [6.45, 7) is 7.72. The fourth-order valence-corrected chi connectivity index (χ4v) is 3.57. The first kappa shape index (κ1) is 19.2. The number of amides is 2. The topological polar surface area (TPSA) is 65.5 Å². The van der Waals surface area contributed by atoms with Gasteiger partial charge in [-0.15, -0.1) is 0 Å². The van der Waals surface area contributed by atoms with Crippen LogP contribution in [0.5, 0.6) is 0 Å². The Balaban J connectivity index is 1.67. The van der Waals surface area contributed by atoms with Crippen LogP contribution in [0, 0.1) is 13.8 Å². The van der Waals surface area contributed by atoms with Crippen LogP contribution in [0.3, 0.4) is 0 Å². The van der Waals surface area contributed by atoms with E-state index in [1.807, 2.05) is 26.0 Å². The number of hydrogen-bond donors (Lipinski definition) is 1. The SMILES string of the molecule is CC(=O)N1CCN(C(=O)c2ccc(Nc3c(C)cc(C)cc3Cl)cn2)CC1. The first-order valence-electron chi connectivity index (χ1n) is 8.90. The highest BCUT2D eigenvalue weighted by molar-refractivity contribution is 6.33. The van der Waals surface area contributed by atoms with Crippen molar-refractivity contribution in [3.63, 3.8) is 0 Å². The summed E-state index contributed by atoms with van der Waals surface area (Å²) in [5.41, 5.74) is 4.14. The van der Waals surface area contributed by atoms with Crippen LogP contribution in [-0.2, 0) is 4.79 Å². The Labute approximate surface area is 164 Å². The Hall–Kier alpha value is -2.60. The fraction of sp³-hybridized carbons (Fsp3) is 0.350. The summed E-state index contributed by atoms with van der Waals surface area (Å²) in [5.74, 6) is -0.0741. The molecule has 3 rings (SSSR count). The van der Waals surface area contributed by atoms with E-state index in [2.05, 4.69) is 16.4 Å². The van der Waals surface area contributed by atoms with Gasteiger partial charge in [0.25, 0.3) is 5.91 Å². The summed E-state index contributed by atoms with van der Waals surface area (Å²) in [6, 6.07) is 7.49. The van der Waals surface area contributed by atoms with Gasteiger partial charge >= 0.3 is 0 Å². The standard InChI is InChI=1S/C20H23ClN4O2/c1-13-10-14(2)19(17(21)11-13)23-16-4-5-18(22-12-16)20(27)25-8-6-24(7-9-25)15(3)26/h4-5,10-12,23H,6-9H2,1-3H3. The molecule has 1 aromatic heterocycles. The van der Waals surface area contributed by atoms with Crippen molar-refractivity contribution < 1.29 is 9.59 Å². The van der Waals surface area contributed by atoms with Crippen LogP contribution in [0.15, 0.2) is 30.5 Å². The monoisotopic (exact) mass is 386 g/mol. The molecule has 1 aliphatic heterocycles. The van der Waals surface area contributed by atoms with Crippen LogP contribution < -0.4 is 5.32 Å². The van der Waals surface area contributed by atoms with E-state index >= 15 is 0 Å². The van der Waals surface area contributed by atoms with Crippen LogP contribution in [0.2, 0.25) is 5.02 Å². The van der Waals surface area contributed by atoms with Crippen LogP contribution >= 0.6 is 11.6 Å². The molecule has 2 heterocycles. The Bertz CT molecular complexity index is 836. The van der Waals surface area contributed by atoms with Gasteiger partial charge in [0.05, 0.1) is 22.6 Å². The van der Waals surface area contributed by atoms with Gasteiger partial charge < -0.3 is 15.1 Å². The summed E-state index contributed by atoms with van der Waals surface area (Å²) in [5, 5.41) is 3.92. The number of aryl methyl sites for hydroxylation is 2. The highest BCUT2D eigenvalue weighted by Crippen LogP contribution is 2.30. The Morgan fingerprint density at radius 1 is 1.07 bits per heavy atom. The van der Waals surface area contributed by atoms with Crippen molar-refractivity contribution in [3.05, 3.63) is 52.3 Å². The van der Waals surface area contributed by atoms with E-state index in [0.717, 1.165) is 22.5 Å². The maximum Gasteiger partial charge on any atom is 0.272 e. The molecule has 0 saturated carbocycles. The lowest BCUT2D eigenvalue weighted by atomic mass is 10.1. The van der Waals surface area contributed by atoms with Gasteiger partial charge in [-0.25, -0.2) is 4.98 Å². The molecule has 1 saturated heterocycles. The predicted molar refractivity (Wildman–Crippen MR) is 107 cm³/mol. The number of rotatable bonds is 3. The average Bonchev–Trinajstić information content (AvgIpc) is 2.64. The number of piperazine rings is 1. The summed E-state index contributed by atoms with van der Waals surface area (Å²) < 4.78 is 0. The molecule has 1 aromatic carbocycles. The molecule has 27 heavy (non-hydrogen) atoms. The second-order valence-electron chi connectivity index (χ2n) is 6.79. The molecule has 1 N–H and O–H groups in total. The number of benzene rings is 1. The molecule has 0 unspecified atom stereocenters. The van der Waals surface area contributed by atoms with Crippen molar-refractivity contribution in [1.82, 2.24) is 14.8 Å². The van der Waals surface area contributed by atoms with E-state index in [0.29, 0.717) is 36.9 Å². The lowest BCUT2D eigenvalue weighted by molar-refractivity contribution is -0.130. The van der Waals surface area contributed by atoms with Gasteiger partial charge in [0.1, 0.15) is 5.69 Å². The molecule has 0 spiro atoms. The van der Waals surface area contributed by atoms with Crippen LogP contribution in [-0.4, -0.2) is 52.8 Å². The summed E-state index contributed by atoms with van der Waals surface area (Å²) in [7, 11) is 0. The number of pyridine rings is 1. The molecule has 0 atom stereocenters. The molecule has 0 aliphatic carbocycles. The normalized spacial score (nSPS) is 14.2. The van der Waals surface area contributed by atoms with Crippen molar-refractivity contribution in [2.24, 2.45) is 0 Å². The molecule has 0 radical (unpaired) electrons. The van der Waals surface area contributed by atoms with E-state index in [-0.39, 0.29) is 11.8 Å². The second kappa shape index (κ2) is 7.96. The minimum Gasteiger partial charge on any atom is -0.353 e. The van der Waals surface area contributed by atoms with Gasteiger partial charge in [-0.2, -0.15) is 0 Å². The molecule has 2 amide bonds. The minimum atomic E-state index is -0.116. The van der Waals surface area contributed by atoms with E-state index in [1.165, 1.54) is 0 Å². The number of halogens is 1. The summed E-state index contributed by atoms with van der Waals surface area (Å²) in [6.07, 6.45) is 1.63. The number of nitrogens with one attached hydrogen (secondary N) is 1. The molecule has 1 aliphatic rings. The van der Waals surface area contributed by atoms with Crippen molar-refractivity contribution in [3.8, 4) is 0 Å². The maximum atomic E-state index is 12.6. The van der Waals surface area contributed by atoms with Crippen LogP contribution in [0.1, 0.15) is 28.5 Å². The third kappa shape index (κ3) is 4.39. The number of nitrogens with zero attached hydrogens (tertiary/aromatic N) is 3. The van der Waals surface area contributed by atoms with E-state index in [9.17, 15) is 9.59 Å². The first-order chi connectivity index (χ1) is 12.8. The lowest BCUT2D eigenvalue weighted by Gasteiger charge is -2.34. The molecular weight excluding hydrogens is 364 g/mol. The number of anilines is 2. The van der Waals surface area contributed by atoms with E-state index in [4.69, 9.17) is 11.6 Å². The fourth-order valence-electron chi connectivity index (χ4n) is 3.20. The molecule has 2 aromatic rings. The molecule has 6 nitrogen and oxygen atoms in total. The smallest absolute Gasteiger partial charge is 0.272 e. The van der Waals surface area contributed by atoms with Gasteiger partial charge in [-0.3, -0.25) is 9.59 Å². The number of carbonyl (C=O) groups excluding carboxylic acids is 2. The number of hydrogen-bond acceptors (Lipinski definition) is 4. The minimum absolute atomic E-state index is 0.0423. The maximum absolute atomic E-state index is 12.6.